The summed E-state index contributed by atoms with van der Waals surface area (Å²) in [7, 11) is 0. The second kappa shape index (κ2) is 5.46. The topological polar surface area (TPSA) is 29.1 Å². The quantitative estimate of drug-likeness (QED) is 0.720. The maximum absolute atomic E-state index is 12.2. The molecule has 4 fully saturated rings. The highest BCUT2D eigenvalue weighted by atomic mass is 16.1. The third-order valence-electron chi connectivity index (χ3n) is 5.70. The van der Waals surface area contributed by atoms with Crippen LogP contribution in [0.5, 0.6) is 0 Å². The van der Waals surface area contributed by atoms with E-state index in [0.717, 1.165) is 30.6 Å². The number of rotatable bonds is 6. The van der Waals surface area contributed by atoms with Gasteiger partial charge in [0.25, 0.3) is 0 Å². The van der Waals surface area contributed by atoms with E-state index >= 15 is 0 Å². The van der Waals surface area contributed by atoms with Gasteiger partial charge in [0.15, 0.2) is 0 Å². The molecule has 0 saturated heterocycles. The molecule has 4 rings (SSSR count). The third-order valence-corrected chi connectivity index (χ3v) is 5.70. The molecule has 0 heterocycles. The zero-order chi connectivity index (χ0) is 13.3. The number of unbranched alkanes of at least 4 members (excludes halogenated alkanes) is 3. The summed E-state index contributed by atoms with van der Waals surface area (Å²) in [4.78, 5) is 12.2. The monoisotopic (exact) mass is 263 g/mol. The molecular formula is C17H29NO. The smallest absolute Gasteiger partial charge is 0.220 e. The van der Waals surface area contributed by atoms with Gasteiger partial charge in [-0.1, -0.05) is 26.2 Å². The van der Waals surface area contributed by atoms with Gasteiger partial charge in [-0.25, -0.2) is 0 Å². The van der Waals surface area contributed by atoms with Crippen LogP contribution < -0.4 is 5.32 Å². The van der Waals surface area contributed by atoms with Crippen LogP contribution in [0, 0.1) is 17.8 Å². The van der Waals surface area contributed by atoms with Crippen LogP contribution in [0.1, 0.15) is 77.6 Å². The molecule has 4 saturated carbocycles. The van der Waals surface area contributed by atoms with E-state index in [-0.39, 0.29) is 5.54 Å². The number of hydrogen-bond donors (Lipinski definition) is 1. The highest BCUT2D eigenvalue weighted by molar-refractivity contribution is 5.76. The maximum atomic E-state index is 12.2. The van der Waals surface area contributed by atoms with Gasteiger partial charge in [0.05, 0.1) is 0 Å². The minimum atomic E-state index is 0.219. The Morgan fingerprint density at radius 2 is 1.58 bits per heavy atom. The number of nitrogens with one attached hydrogen (secondary N) is 1. The van der Waals surface area contributed by atoms with Crippen LogP contribution in [-0.4, -0.2) is 11.4 Å². The van der Waals surface area contributed by atoms with Crippen LogP contribution in [0.3, 0.4) is 0 Å². The van der Waals surface area contributed by atoms with E-state index in [4.69, 9.17) is 0 Å². The Bertz CT molecular complexity index is 301. The average molecular weight is 263 g/mol. The van der Waals surface area contributed by atoms with E-state index < -0.39 is 0 Å². The molecule has 0 spiro atoms. The Hall–Kier alpha value is -0.530. The van der Waals surface area contributed by atoms with E-state index in [1.54, 1.807) is 0 Å². The molecular weight excluding hydrogens is 234 g/mol. The first kappa shape index (κ1) is 13.5. The fourth-order valence-electron chi connectivity index (χ4n) is 5.33. The van der Waals surface area contributed by atoms with Gasteiger partial charge in [-0.2, -0.15) is 0 Å². The van der Waals surface area contributed by atoms with E-state index in [9.17, 15) is 4.79 Å². The molecule has 2 heteroatoms. The van der Waals surface area contributed by atoms with Gasteiger partial charge in [-0.3, -0.25) is 4.79 Å². The van der Waals surface area contributed by atoms with Crippen molar-refractivity contribution >= 4 is 5.91 Å². The van der Waals surface area contributed by atoms with Gasteiger partial charge in [0, 0.05) is 12.0 Å². The van der Waals surface area contributed by atoms with Crippen molar-refractivity contribution in [1.29, 1.82) is 0 Å². The normalized spacial score (nSPS) is 39.5. The molecule has 1 N–H and O–H groups in total. The van der Waals surface area contributed by atoms with Crippen LogP contribution in [0.15, 0.2) is 0 Å². The summed E-state index contributed by atoms with van der Waals surface area (Å²) in [5.41, 5.74) is 0.219. The lowest BCUT2D eigenvalue weighted by Crippen LogP contribution is -2.59. The first-order valence-corrected chi connectivity index (χ1v) is 8.50. The highest BCUT2D eigenvalue weighted by Gasteiger charge is 2.51. The first-order valence-electron chi connectivity index (χ1n) is 8.50. The summed E-state index contributed by atoms with van der Waals surface area (Å²) < 4.78 is 0. The van der Waals surface area contributed by atoms with E-state index in [1.165, 1.54) is 57.8 Å². The number of amides is 1. The summed E-state index contributed by atoms with van der Waals surface area (Å²) in [5.74, 6) is 3.10. The molecule has 0 aromatic heterocycles. The van der Waals surface area contributed by atoms with Crippen molar-refractivity contribution in [3.8, 4) is 0 Å². The minimum Gasteiger partial charge on any atom is -0.351 e. The van der Waals surface area contributed by atoms with Gasteiger partial charge in [-0.15, -0.1) is 0 Å². The van der Waals surface area contributed by atoms with E-state index in [1.807, 2.05) is 0 Å². The standard InChI is InChI=1S/C17H29NO/c1-2-3-4-5-6-16(19)18-17-10-13-7-14(11-17)9-15(8-13)12-17/h13-15H,2-12H2,1H3,(H,18,19). The van der Waals surface area contributed by atoms with Gasteiger partial charge in [0.2, 0.25) is 5.91 Å². The molecule has 0 aromatic rings. The molecule has 0 aromatic carbocycles. The lowest BCUT2D eigenvalue weighted by molar-refractivity contribution is -0.127. The molecule has 4 aliphatic carbocycles. The van der Waals surface area contributed by atoms with Crippen molar-refractivity contribution in [2.24, 2.45) is 17.8 Å². The van der Waals surface area contributed by atoms with Crippen molar-refractivity contribution in [2.45, 2.75) is 83.1 Å². The molecule has 0 radical (unpaired) electrons. The van der Waals surface area contributed by atoms with Crippen LogP contribution in [0.25, 0.3) is 0 Å². The molecule has 0 aliphatic heterocycles. The van der Waals surface area contributed by atoms with E-state index in [2.05, 4.69) is 12.2 Å². The van der Waals surface area contributed by atoms with Gasteiger partial charge in [-0.05, 0) is 62.7 Å². The number of hydrogen-bond acceptors (Lipinski definition) is 1. The fourth-order valence-corrected chi connectivity index (χ4v) is 5.33. The highest BCUT2D eigenvalue weighted by Crippen LogP contribution is 2.55. The third kappa shape index (κ3) is 2.98. The summed E-state index contributed by atoms with van der Waals surface area (Å²) in [6.07, 6.45) is 13.7. The van der Waals surface area contributed by atoms with Crippen LogP contribution >= 0.6 is 0 Å². The average Bonchev–Trinajstić information content (AvgIpc) is 2.32. The van der Waals surface area contributed by atoms with Crippen molar-refractivity contribution in [2.75, 3.05) is 0 Å². The van der Waals surface area contributed by atoms with Crippen molar-refractivity contribution in [3.63, 3.8) is 0 Å². The van der Waals surface area contributed by atoms with Gasteiger partial charge >= 0.3 is 0 Å². The SMILES string of the molecule is CCCCCCC(=O)NC12CC3CC(CC(C3)C1)C2. The molecule has 19 heavy (non-hydrogen) atoms. The summed E-state index contributed by atoms with van der Waals surface area (Å²) >= 11 is 0. The number of carbonyl (C=O) groups is 1. The largest absolute Gasteiger partial charge is 0.351 e. The van der Waals surface area contributed by atoms with Crippen LogP contribution in [-0.2, 0) is 4.79 Å². The van der Waals surface area contributed by atoms with Crippen LogP contribution in [0.4, 0.5) is 0 Å². The van der Waals surface area contributed by atoms with Crippen LogP contribution in [0.2, 0.25) is 0 Å². The predicted octanol–water partition coefficient (Wildman–Crippen LogP) is 4.04. The van der Waals surface area contributed by atoms with Crippen molar-refractivity contribution in [1.82, 2.24) is 5.32 Å². The Morgan fingerprint density at radius 1 is 1.00 bits per heavy atom. The molecule has 108 valence electrons. The molecule has 0 unspecified atom stereocenters. The Kier molecular flexibility index (Phi) is 3.86. The molecule has 2 nitrogen and oxygen atoms in total. The predicted molar refractivity (Wildman–Crippen MR) is 77.8 cm³/mol. The van der Waals surface area contributed by atoms with Gasteiger partial charge in [0.1, 0.15) is 0 Å². The maximum Gasteiger partial charge on any atom is 0.220 e. The molecule has 1 amide bonds. The molecule has 4 bridgehead atoms. The van der Waals surface area contributed by atoms with Gasteiger partial charge < -0.3 is 5.32 Å². The summed E-state index contributed by atoms with van der Waals surface area (Å²) in [5, 5.41) is 3.46. The first-order chi connectivity index (χ1) is 9.19. The van der Waals surface area contributed by atoms with Crippen molar-refractivity contribution < 1.29 is 4.79 Å². The van der Waals surface area contributed by atoms with Crippen molar-refractivity contribution in [3.05, 3.63) is 0 Å². The number of carbonyl (C=O) groups excluding carboxylic acids is 1. The Morgan fingerprint density at radius 3 is 2.11 bits per heavy atom. The fraction of sp³-hybridized carbons (Fsp3) is 0.941. The lowest BCUT2D eigenvalue weighted by atomic mass is 9.53. The second-order valence-corrected chi connectivity index (χ2v) is 7.56. The van der Waals surface area contributed by atoms with E-state index in [0.29, 0.717) is 5.91 Å². The molecule has 4 aliphatic rings. The Balaban J connectivity index is 1.50. The zero-order valence-electron chi connectivity index (χ0n) is 12.4. The minimum absolute atomic E-state index is 0.219. The molecule has 0 atom stereocenters. The Labute approximate surface area is 117 Å². The summed E-state index contributed by atoms with van der Waals surface area (Å²) in [6.45, 7) is 2.22. The summed E-state index contributed by atoms with van der Waals surface area (Å²) in [6, 6.07) is 0. The lowest BCUT2D eigenvalue weighted by Gasteiger charge is -2.56. The second-order valence-electron chi connectivity index (χ2n) is 7.56. The zero-order valence-corrected chi connectivity index (χ0v) is 12.4.